The Kier molecular flexibility index (Phi) is 5.35. The summed E-state index contributed by atoms with van der Waals surface area (Å²) < 4.78 is 11.6. The number of rotatable bonds is 6. The van der Waals surface area contributed by atoms with Crippen LogP contribution in [0.5, 0.6) is 11.5 Å². The van der Waals surface area contributed by atoms with Gasteiger partial charge in [-0.1, -0.05) is 22.0 Å². The largest absolute Gasteiger partial charge is 0.493 e. The van der Waals surface area contributed by atoms with Crippen LogP contribution in [0, 0.1) is 0 Å². The second-order valence-corrected chi connectivity index (χ2v) is 4.14. The van der Waals surface area contributed by atoms with Crippen LogP contribution in [-0.2, 0) is 6.54 Å². The monoisotopic (exact) mass is 285 g/mol. The maximum atomic E-state index is 5.34. The Hall–Kier alpha value is -1.00. The van der Waals surface area contributed by atoms with Crippen LogP contribution in [-0.4, -0.2) is 20.8 Å². The molecule has 1 aromatic rings. The minimum atomic E-state index is 0.713. The average molecular weight is 286 g/mol. The molecule has 88 valence electrons. The van der Waals surface area contributed by atoms with E-state index in [1.165, 1.54) is 0 Å². The van der Waals surface area contributed by atoms with E-state index in [-0.39, 0.29) is 0 Å². The first-order valence-electron chi connectivity index (χ1n) is 4.95. The van der Waals surface area contributed by atoms with E-state index in [4.69, 9.17) is 9.47 Å². The Morgan fingerprint density at radius 3 is 2.69 bits per heavy atom. The maximum Gasteiger partial charge on any atom is 0.165 e. The number of benzene rings is 1. The molecule has 0 aliphatic carbocycles. The van der Waals surface area contributed by atoms with Gasteiger partial charge in [0.1, 0.15) is 0 Å². The van der Waals surface area contributed by atoms with Gasteiger partial charge in [0, 0.05) is 23.1 Å². The summed E-state index contributed by atoms with van der Waals surface area (Å²) in [4.78, 5) is 0. The number of hydrogen-bond acceptors (Lipinski definition) is 3. The second kappa shape index (κ2) is 6.55. The predicted molar refractivity (Wildman–Crippen MR) is 69.1 cm³/mol. The fourth-order valence-electron chi connectivity index (χ4n) is 1.45. The summed E-state index contributed by atoms with van der Waals surface area (Å²) in [6, 6.07) is 3.90. The van der Waals surface area contributed by atoms with Crippen molar-refractivity contribution in [1.82, 2.24) is 5.32 Å². The first-order valence-corrected chi connectivity index (χ1v) is 5.74. The van der Waals surface area contributed by atoms with Crippen molar-refractivity contribution in [2.75, 3.05) is 20.8 Å². The van der Waals surface area contributed by atoms with Crippen molar-refractivity contribution in [2.45, 2.75) is 6.54 Å². The van der Waals surface area contributed by atoms with E-state index >= 15 is 0 Å². The van der Waals surface area contributed by atoms with Crippen molar-refractivity contribution >= 4 is 15.9 Å². The SMILES string of the molecule is C=CCNCc1cc(Br)cc(OC)c1OC. The molecular weight excluding hydrogens is 270 g/mol. The van der Waals surface area contributed by atoms with Gasteiger partial charge in [0.05, 0.1) is 14.2 Å². The third-order valence-electron chi connectivity index (χ3n) is 2.12. The van der Waals surface area contributed by atoms with Crippen LogP contribution in [0.4, 0.5) is 0 Å². The summed E-state index contributed by atoms with van der Waals surface area (Å²) >= 11 is 3.44. The van der Waals surface area contributed by atoms with E-state index in [9.17, 15) is 0 Å². The molecule has 3 nitrogen and oxygen atoms in total. The van der Waals surface area contributed by atoms with Crippen LogP contribution in [0.3, 0.4) is 0 Å². The quantitative estimate of drug-likeness (QED) is 0.644. The number of ether oxygens (including phenoxy) is 2. The molecule has 0 bridgehead atoms. The van der Waals surface area contributed by atoms with Gasteiger partial charge in [0.15, 0.2) is 11.5 Å². The molecule has 4 heteroatoms. The molecule has 0 aliphatic rings. The minimum Gasteiger partial charge on any atom is -0.493 e. The van der Waals surface area contributed by atoms with E-state index in [1.54, 1.807) is 14.2 Å². The van der Waals surface area contributed by atoms with Gasteiger partial charge < -0.3 is 14.8 Å². The predicted octanol–water partition coefficient (Wildman–Crippen LogP) is 2.74. The zero-order valence-electron chi connectivity index (χ0n) is 9.55. The molecule has 0 saturated heterocycles. The first kappa shape index (κ1) is 13.1. The summed E-state index contributed by atoms with van der Waals surface area (Å²) in [7, 11) is 3.27. The van der Waals surface area contributed by atoms with Crippen molar-refractivity contribution in [3.8, 4) is 11.5 Å². The van der Waals surface area contributed by atoms with Gasteiger partial charge >= 0.3 is 0 Å². The van der Waals surface area contributed by atoms with Crippen molar-refractivity contribution in [3.05, 3.63) is 34.8 Å². The fraction of sp³-hybridized carbons (Fsp3) is 0.333. The number of hydrogen-bond donors (Lipinski definition) is 1. The molecule has 0 heterocycles. The van der Waals surface area contributed by atoms with Crippen LogP contribution in [0.1, 0.15) is 5.56 Å². The molecule has 1 aromatic carbocycles. The topological polar surface area (TPSA) is 30.5 Å². The Balaban J connectivity index is 2.95. The van der Waals surface area contributed by atoms with Gasteiger partial charge in [0.25, 0.3) is 0 Å². The van der Waals surface area contributed by atoms with Crippen LogP contribution >= 0.6 is 15.9 Å². The molecule has 1 N–H and O–H groups in total. The van der Waals surface area contributed by atoms with E-state index in [1.807, 2.05) is 18.2 Å². The number of nitrogens with one attached hydrogen (secondary N) is 1. The zero-order valence-corrected chi connectivity index (χ0v) is 11.1. The molecule has 0 aromatic heterocycles. The molecular formula is C12H16BrNO2. The van der Waals surface area contributed by atoms with Crippen LogP contribution in [0.25, 0.3) is 0 Å². The van der Waals surface area contributed by atoms with E-state index in [2.05, 4.69) is 27.8 Å². The van der Waals surface area contributed by atoms with Gasteiger partial charge in [-0.05, 0) is 12.1 Å². The van der Waals surface area contributed by atoms with Gasteiger partial charge in [0.2, 0.25) is 0 Å². The molecule has 0 saturated carbocycles. The zero-order chi connectivity index (χ0) is 12.0. The summed E-state index contributed by atoms with van der Waals surface area (Å²) in [6.07, 6.45) is 1.82. The highest BCUT2D eigenvalue weighted by atomic mass is 79.9. The highest BCUT2D eigenvalue weighted by Gasteiger charge is 2.10. The number of halogens is 1. The first-order chi connectivity index (χ1) is 7.72. The van der Waals surface area contributed by atoms with Crippen LogP contribution in [0.15, 0.2) is 29.3 Å². The molecule has 0 amide bonds. The third-order valence-corrected chi connectivity index (χ3v) is 2.58. The summed E-state index contributed by atoms with van der Waals surface area (Å²) in [5, 5.41) is 3.23. The third kappa shape index (κ3) is 3.25. The van der Waals surface area contributed by atoms with Crippen LogP contribution in [0.2, 0.25) is 0 Å². The molecule has 0 radical (unpaired) electrons. The molecule has 0 spiro atoms. The number of methoxy groups -OCH3 is 2. The average Bonchev–Trinajstić information content (AvgIpc) is 2.28. The lowest BCUT2D eigenvalue weighted by Crippen LogP contribution is -2.13. The lowest BCUT2D eigenvalue weighted by molar-refractivity contribution is 0.350. The van der Waals surface area contributed by atoms with Crippen molar-refractivity contribution in [3.63, 3.8) is 0 Å². The Morgan fingerprint density at radius 1 is 1.38 bits per heavy atom. The highest BCUT2D eigenvalue weighted by Crippen LogP contribution is 2.34. The molecule has 1 rings (SSSR count). The van der Waals surface area contributed by atoms with Crippen molar-refractivity contribution in [1.29, 1.82) is 0 Å². The van der Waals surface area contributed by atoms with E-state index in [0.717, 1.165) is 28.1 Å². The molecule has 0 unspecified atom stereocenters. The molecule has 0 aliphatic heterocycles. The molecule has 16 heavy (non-hydrogen) atoms. The Labute approximate surface area is 105 Å². The molecule has 0 atom stereocenters. The van der Waals surface area contributed by atoms with Gasteiger partial charge in [-0.2, -0.15) is 0 Å². The van der Waals surface area contributed by atoms with E-state index in [0.29, 0.717) is 6.54 Å². The minimum absolute atomic E-state index is 0.713. The lowest BCUT2D eigenvalue weighted by atomic mass is 10.2. The van der Waals surface area contributed by atoms with Crippen LogP contribution < -0.4 is 14.8 Å². The fourth-order valence-corrected chi connectivity index (χ4v) is 1.93. The maximum absolute atomic E-state index is 5.34. The van der Waals surface area contributed by atoms with Gasteiger partial charge in [-0.15, -0.1) is 6.58 Å². The Bertz CT molecular complexity index is 366. The summed E-state index contributed by atoms with van der Waals surface area (Å²) in [5.74, 6) is 1.49. The lowest BCUT2D eigenvalue weighted by Gasteiger charge is -2.13. The van der Waals surface area contributed by atoms with Crippen molar-refractivity contribution < 1.29 is 9.47 Å². The van der Waals surface area contributed by atoms with Gasteiger partial charge in [-0.3, -0.25) is 0 Å². The standard InChI is InChI=1S/C12H16BrNO2/c1-4-5-14-8-9-6-10(13)7-11(15-2)12(9)16-3/h4,6-7,14H,1,5,8H2,2-3H3. The summed E-state index contributed by atoms with van der Waals surface area (Å²) in [6.45, 7) is 5.13. The van der Waals surface area contributed by atoms with Crippen molar-refractivity contribution in [2.24, 2.45) is 0 Å². The highest BCUT2D eigenvalue weighted by molar-refractivity contribution is 9.10. The summed E-state index contributed by atoms with van der Waals surface area (Å²) in [5.41, 5.74) is 1.05. The van der Waals surface area contributed by atoms with E-state index < -0.39 is 0 Å². The smallest absolute Gasteiger partial charge is 0.165 e. The Morgan fingerprint density at radius 2 is 2.12 bits per heavy atom. The normalized spacial score (nSPS) is 9.94. The molecule has 0 fully saturated rings. The second-order valence-electron chi connectivity index (χ2n) is 3.22. The van der Waals surface area contributed by atoms with Gasteiger partial charge in [-0.25, -0.2) is 0 Å².